The number of ether oxygens (including phenoxy) is 1. The highest BCUT2D eigenvalue weighted by Crippen LogP contribution is 2.31. The van der Waals surface area contributed by atoms with Gasteiger partial charge >= 0.3 is 0 Å². The summed E-state index contributed by atoms with van der Waals surface area (Å²) in [5.41, 5.74) is 0.971. The number of oxazole rings is 1. The maximum Gasteiger partial charge on any atom is 0.209 e. The van der Waals surface area contributed by atoms with Crippen LogP contribution < -0.4 is 0 Å². The van der Waals surface area contributed by atoms with E-state index in [0.717, 1.165) is 43.5 Å². The summed E-state index contributed by atoms with van der Waals surface area (Å²) in [6.45, 7) is 3.66. The fourth-order valence-electron chi connectivity index (χ4n) is 3.17. The molecule has 2 heterocycles. The van der Waals surface area contributed by atoms with E-state index in [9.17, 15) is 0 Å². The molecule has 1 atom stereocenters. The van der Waals surface area contributed by atoms with Crippen molar-refractivity contribution in [1.29, 1.82) is 0 Å². The Balaban J connectivity index is 1.45. The average molecular weight is 333 g/mol. The molecule has 4 rings (SSSR count). The zero-order valence-electron chi connectivity index (χ0n) is 13.1. The monoisotopic (exact) mass is 332 g/mol. The van der Waals surface area contributed by atoms with Crippen LogP contribution in [0.15, 0.2) is 34.9 Å². The molecule has 1 aliphatic heterocycles. The Bertz CT molecular complexity index is 663. The SMILES string of the molecule is Clc1cccc(-c2cnc(CN(C[C@H]3CCOC3)C3CC3)o2)c1. The molecule has 1 saturated heterocycles. The van der Waals surface area contributed by atoms with Crippen molar-refractivity contribution in [3.63, 3.8) is 0 Å². The van der Waals surface area contributed by atoms with Crippen molar-refractivity contribution in [1.82, 2.24) is 9.88 Å². The second-order valence-corrected chi connectivity index (χ2v) is 6.96. The molecular weight excluding hydrogens is 312 g/mol. The smallest absolute Gasteiger partial charge is 0.209 e. The van der Waals surface area contributed by atoms with Gasteiger partial charge in [0.25, 0.3) is 0 Å². The molecule has 2 fully saturated rings. The number of hydrogen-bond acceptors (Lipinski definition) is 4. The quantitative estimate of drug-likeness (QED) is 0.801. The lowest BCUT2D eigenvalue weighted by atomic mass is 10.1. The number of halogens is 1. The van der Waals surface area contributed by atoms with Crippen molar-refractivity contribution in [3.8, 4) is 11.3 Å². The van der Waals surface area contributed by atoms with Gasteiger partial charge in [0.05, 0.1) is 19.3 Å². The molecule has 1 saturated carbocycles. The minimum absolute atomic E-state index is 0.651. The fraction of sp³-hybridized carbons (Fsp3) is 0.500. The maximum absolute atomic E-state index is 6.05. The lowest BCUT2D eigenvalue weighted by molar-refractivity contribution is 0.156. The van der Waals surface area contributed by atoms with Crippen molar-refractivity contribution in [3.05, 3.63) is 41.4 Å². The fourth-order valence-corrected chi connectivity index (χ4v) is 3.36. The summed E-state index contributed by atoms with van der Waals surface area (Å²) in [6.07, 6.45) is 5.54. The van der Waals surface area contributed by atoms with E-state index in [2.05, 4.69) is 9.88 Å². The van der Waals surface area contributed by atoms with Gasteiger partial charge in [-0.2, -0.15) is 0 Å². The van der Waals surface area contributed by atoms with Gasteiger partial charge in [-0.25, -0.2) is 4.98 Å². The standard InChI is InChI=1S/C18H21ClN2O2/c19-15-3-1-2-14(8-15)17-9-20-18(23-17)11-21(16-4-5-16)10-13-6-7-22-12-13/h1-3,8-9,13,16H,4-7,10-12H2/t13-/m1/s1. The second-order valence-electron chi connectivity index (χ2n) is 6.52. The minimum atomic E-state index is 0.651. The molecule has 23 heavy (non-hydrogen) atoms. The third-order valence-electron chi connectivity index (χ3n) is 4.58. The zero-order chi connectivity index (χ0) is 15.6. The normalized spacial score (nSPS) is 21.2. The first-order chi connectivity index (χ1) is 11.3. The molecule has 1 aromatic carbocycles. The summed E-state index contributed by atoms with van der Waals surface area (Å²) < 4.78 is 11.5. The molecule has 4 nitrogen and oxygen atoms in total. The van der Waals surface area contributed by atoms with Crippen LogP contribution in [0.4, 0.5) is 0 Å². The molecule has 0 radical (unpaired) electrons. The van der Waals surface area contributed by atoms with Crippen molar-refractivity contribution in [2.24, 2.45) is 5.92 Å². The van der Waals surface area contributed by atoms with Crippen molar-refractivity contribution in [2.45, 2.75) is 31.8 Å². The van der Waals surface area contributed by atoms with Gasteiger partial charge in [-0.05, 0) is 37.3 Å². The summed E-state index contributed by atoms with van der Waals surface area (Å²) >= 11 is 6.05. The summed E-state index contributed by atoms with van der Waals surface area (Å²) in [5, 5.41) is 0.710. The van der Waals surface area contributed by atoms with Crippen LogP contribution in [0.25, 0.3) is 11.3 Å². The maximum atomic E-state index is 6.05. The predicted octanol–water partition coefficient (Wildman–Crippen LogP) is 4.00. The van der Waals surface area contributed by atoms with Crippen LogP contribution in [0, 0.1) is 5.92 Å². The van der Waals surface area contributed by atoms with E-state index in [1.54, 1.807) is 6.20 Å². The topological polar surface area (TPSA) is 38.5 Å². The third kappa shape index (κ3) is 3.77. The largest absolute Gasteiger partial charge is 0.439 e. The molecule has 5 heteroatoms. The first-order valence-electron chi connectivity index (χ1n) is 8.30. The van der Waals surface area contributed by atoms with Crippen LogP contribution in [0.3, 0.4) is 0 Å². The average Bonchev–Trinajstić information content (AvgIpc) is 3.07. The molecular formula is C18H21ClN2O2. The highest BCUT2D eigenvalue weighted by atomic mass is 35.5. The first kappa shape index (κ1) is 15.2. The van der Waals surface area contributed by atoms with E-state index in [4.69, 9.17) is 20.8 Å². The Morgan fingerprint density at radius 2 is 2.17 bits per heavy atom. The molecule has 0 amide bonds. The van der Waals surface area contributed by atoms with Crippen LogP contribution >= 0.6 is 11.6 Å². The van der Waals surface area contributed by atoms with Crippen molar-refractivity contribution in [2.75, 3.05) is 19.8 Å². The second kappa shape index (κ2) is 6.63. The summed E-state index contributed by atoms with van der Waals surface area (Å²) in [6, 6.07) is 8.37. The number of aromatic nitrogens is 1. The Morgan fingerprint density at radius 1 is 1.26 bits per heavy atom. The van der Waals surface area contributed by atoms with E-state index >= 15 is 0 Å². The van der Waals surface area contributed by atoms with Gasteiger partial charge in [0.15, 0.2) is 5.76 Å². The highest BCUT2D eigenvalue weighted by Gasteiger charge is 2.32. The van der Waals surface area contributed by atoms with Crippen LogP contribution in [-0.2, 0) is 11.3 Å². The van der Waals surface area contributed by atoms with E-state index in [1.807, 2.05) is 24.3 Å². The van der Waals surface area contributed by atoms with Crippen molar-refractivity contribution >= 4 is 11.6 Å². The van der Waals surface area contributed by atoms with Gasteiger partial charge in [0.1, 0.15) is 0 Å². The summed E-state index contributed by atoms with van der Waals surface area (Å²) in [5.74, 6) is 2.21. The van der Waals surface area contributed by atoms with Crippen LogP contribution in [0.1, 0.15) is 25.2 Å². The Labute approximate surface area is 141 Å². The molecule has 0 bridgehead atoms. The Hall–Kier alpha value is -1.36. The molecule has 1 aromatic heterocycles. The van der Waals surface area contributed by atoms with Crippen LogP contribution in [0.5, 0.6) is 0 Å². The van der Waals surface area contributed by atoms with Gasteiger partial charge in [-0.15, -0.1) is 0 Å². The molecule has 2 aliphatic rings. The summed E-state index contributed by atoms with van der Waals surface area (Å²) in [7, 11) is 0. The number of nitrogens with zero attached hydrogens (tertiary/aromatic N) is 2. The third-order valence-corrected chi connectivity index (χ3v) is 4.82. The van der Waals surface area contributed by atoms with Gasteiger partial charge in [-0.3, -0.25) is 4.90 Å². The molecule has 0 unspecified atom stereocenters. The molecule has 1 aliphatic carbocycles. The molecule has 122 valence electrons. The molecule has 0 spiro atoms. The molecule has 0 N–H and O–H groups in total. The van der Waals surface area contributed by atoms with Gasteiger partial charge in [0.2, 0.25) is 5.89 Å². The summed E-state index contributed by atoms with van der Waals surface area (Å²) in [4.78, 5) is 6.97. The van der Waals surface area contributed by atoms with Gasteiger partial charge in [0, 0.05) is 29.8 Å². The van der Waals surface area contributed by atoms with Gasteiger partial charge < -0.3 is 9.15 Å². The first-order valence-corrected chi connectivity index (χ1v) is 8.68. The Morgan fingerprint density at radius 3 is 2.91 bits per heavy atom. The Kier molecular flexibility index (Phi) is 4.38. The predicted molar refractivity (Wildman–Crippen MR) is 89.3 cm³/mol. The van der Waals surface area contributed by atoms with Crippen LogP contribution in [0.2, 0.25) is 5.02 Å². The number of benzene rings is 1. The zero-order valence-corrected chi connectivity index (χ0v) is 13.8. The lowest BCUT2D eigenvalue weighted by Gasteiger charge is -2.23. The molecule has 2 aromatic rings. The van der Waals surface area contributed by atoms with E-state index in [-0.39, 0.29) is 0 Å². The number of rotatable bonds is 6. The van der Waals surface area contributed by atoms with Crippen molar-refractivity contribution < 1.29 is 9.15 Å². The van der Waals surface area contributed by atoms with E-state index < -0.39 is 0 Å². The van der Waals surface area contributed by atoms with Gasteiger partial charge in [-0.1, -0.05) is 23.7 Å². The van der Waals surface area contributed by atoms with Crippen LogP contribution in [-0.4, -0.2) is 35.7 Å². The van der Waals surface area contributed by atoms with E-state index in [0.29, 0.717) is 17.0 Å². The number of hydrogen-bond donors (Lipinski definition) is 0. The lowest BCUT2D eigenvalue weighted by Crippen LogP contribution is -2.31. The highest BCUT2D eigenvalue weighted by molar-refractivity contribution is 6.30. The minimum Gasteiger partial charge on any atom is -0.439 e. The van der Waals surface area contributed by atoms with E-state index in [1.165, 1.54) is 19.3 Å².